The van der Waals surface area contributed by atoms with E-state index in [2.05, 4.69) is 27.7 Å². The summed E-state index contributed by atoms with van der Waals surface area (Å²) in [6.07, 6.45) is 10.5. The van der Waals surface area contributed by atoms with Crippen LogP contribution in [0.5, 0.6) is 0 Å². The first-order valence-corrected chi connectivity index (χ1v) is 7.07. The van der Waals surface area contributed by atoms with E-state index in [0.29, 0.717) is 5.41 Å². The fourth-order valence-corrected chi connectivity index (χ4v) is 5.00. The zero-order chi connectivity index (χ0) is 11.1. The molecule has 0 aromatic rings. The summed E-state index contributed by atoms with van der Waals surface area (Å²) in [6.45, 7) is 9.93. The Morgan fingerprint density at radius 3 is 2.00 bits per heavy atom. The first-order chi connectivity index (χ1) is 7.07. The molecule has 15 heavy (non-hydrogen) atoms. The van der Waals surface area contributed by atoms with Crippen molar-refractivity contribution in [2.24, 2.45) is 22.7 Å². The van der Waals surface area contributed by atoms with Gasteiger partial charge in [-0.15, -0.1) is 0 Å². The van der Waals surface area contributed by atoms with Crippen LogP contribution in [-0.4, -0.2) is 0 Å². The Morgan fingerprint density at radius 1 is 1.07 bits per heavy atom. The predicted octanol–water partition coefficient (Wildman–Crippen LogP) is 5.03. The van der Waals surface area contributed by atoms with Crippen molar-refractivity contribution in [3.8, 4) is 0 Å². The molecular formula is C15H28. The third-order valence-electron chi connectivity index (χ3n) is 6.27. The second-order valence-corrected chi connectivity index (χ2v) is 6.53. The van der Waals surface area contributed by atoms with Gasteiger partial charge < -0.3 is 0 Å². The summed E-state index contributed by atoms with van der Waals surface area (Å²) in [5.74, 6) is 1.86. The van der Waals surface area contributed by atoms with Crippen LogP contribution in [-0.2, 0) is 0 Å². The van der Waals surface area contributed by atoms with Gasteiger partial charge in [-0.1, -0.05) is 47.0 Å². The molecule has 0 nitrogen and oxygen atoms in total. The normalized spacial score (nSPS) is 45.8. The van der Waals surface area contributed by atoms with Gasteiger partial charge in [0.25, 0.3) is 0 Å². The summed E-state index contributed by atoms with van der Waals surface area (Å²) in [5.41, 5.74) is 1.42. The minimum Gasteiger partial charge on any atom is -0.0648 e. The van der Waals surface area contributed by atoms with Crippen molar-refractivity contribution in [1.82, 2.24) is 0 Å². The molecule has 2 rings (SSSR count). The first-order valence-electron chi connectivity index (χ1n) is 7.07. The summed E-state index contributed by atoms with van der Waals surface area (Å²) in [7, 11) is 0. The van der Waals surface area contributed by atoms with Crippen molar-refractivity contribution < 1.29 is 0 Å². The van der Waals surface area contributed by atoms with Crippen LogP contribution in [0.4, 0.5) is 0 Å². The first kappa shape index (κ1) is 11.5. The van der Waals surface area contributed by atoms with E-state index in [1.807, 2.05) is 0 Å². The van der Waals surface area contributed by atoms with Gasteiger partial charge >= 0.3 is 0 Å². The molecule has 0 spiro atoms. The Bertz CT molecular complexity index is 216. The maximum atomic E-state index is 2.57. The lowest BCUT2D eigenvalue weighted by atomic mass is 9.45. The van der Waals surface area contributed by atoms with E-state index in [9.17, 15) is 0 Å². The zero-order valence-electron chi connectivity index (χ0n) is 11.1. The van der Waals surface area contributed by atoms with Gasteiger partial charge in [-0.3, -0.25) is 0 Å². The third-order valence-corrected chi connectivity index (χ3v) is 6.27. The molecule has 1 unspecified atom stereocenters. The van der Waals surface area contributed by atoms with E-state index in [1.165, 1.54) is 44.9 Å². The van der Waals surface area contributed by atoms with Crippen molar-refractivity contribution in [2.45, 2.75) is 72.6 Å². The van der Waals surface area contributed by atoms with E-state index in [-0.39, 0.29) is 0 Å². The zero-order valence-corrected chi connectivity index (χ0v) is 11.1. The monoisotopic (exact) mass is 208 g/mol. The summed E-state index contributed by atoms with van der Waals surface area (Å²) in [5, 5.41) is 0. The summed E-state index contributed by atoms with van der Waals surface area (Å²) in [4.78, 5) is 0. The topological polar surface area (TPSA) is 0 Å². The standard InChI is InChI=1S/C15H28/c1-5-14-8-6-10-15(12(2)3,13(14)4)11-7-9-14/h12-13H,5-11H2,1-4H3. The molecule has 2 bridgehead atoms. The summed E-state index contributed by atoms with van der Waals surface area (Å²) < 4.78 is 0. The van der Waals surface area contributed by atoms with E-state index in [4.69, 9.17) is 0 Å². The average Bonchev–Trinajstić information content (AvgIpc) is 2.18. The molecule has 0 aliphatic heterocycles. The van der Waals surface area contributed by atoms with Crippen molar-refractivity contribution in [3.05, 3.63) is 0 Å². The lowest BCUT2D eigenvalue weighted by molar-refractivity contribution is -0.0981. The molecule has 0 radical (unpaired) electrons. The SMILES string of the molecule is CCC12CCCC(C(C)C)(CCC1)C2C. The highest BCUT2D eigenvalue weighted by Crippen LogP contribution is 2.63. The Balaban J connectivity index is 2.32. The highest BCUT2D eigenvalue weighted by atomic mass is 14.6. The second kappa shape index (κ2) is 3.79. The van der Waals surface area contributed by atoms with Crippen molar-refractivity contribution in [2.75, 3.05) is 0 Å². The lowest BCUT2D eigenvalue weighted by Gasteiger charge is -2.60. The maximum Gasteiger partial charge on any atom is -0.0243 e. The molecule has 0 heteroatoms. The van der Waals surface area contributed by atoms with Gasteiger partial charge in [0.1, 0.15) is 0 Å². The Hall–Kier alpha value is 0. The Kier molecular flexibility index (Phi) is 2.90. The summed E-state index contributed by atoms with van der Waals surface area (Å²) in [6, 6.07) is 0. The van der Waals surface area contributed by atoms with Crippen LogP contribution in [0.25, 0.3) is 0 Å². The van der Waals surface area contributed by atoms with Gasteiger partial charge in [0.2, 0.25) is 0 Å². The molecule has 0 heterocycles. The number of fused-ring (bicyclic) bond motifs is 2. The molecule has 2 aliphatic rings. The Morgan fingerprint density at radius 2 is 1.60 bits per heavy atom. The van der Waals surface area contributed by atoms with Gasteiger partial charge in [-0.25, -0.2) is 0 Å². The van der Waals surface area contributed by atoms with Gasteiger partial charge in [0, 0.05) is 0 Å². The third kappa shape index (κ3) is 1.47. The summed E-state index contributed by atoms with van der Waals surface area (Å²) >= 11 is 0. The van der Waals surface area contributed by atoms with E-state index >= 15 is 0 Å². The van der Waals surface area contributed by atoms with Gasteiger partial charge in [0.05, 0.1) is 0 Å². The van der Waals surface area contributed by atoms with E-state index < -0.39 is 0 Å². The fourth-order valence-electron chi connectivity index (χ4n) is 5.00. The van der Waals surface area contributed by atoms with E-state index in [0.717, 1.165) is 17.3 Å². The van der Waals surface area contributed by atoms with Crippen LogP contribution in [0.1, 0.15) is 72.6 Å². The van der Waals surface area contributed by atoms with Gasteiger partial charge in [-0.2, -0.15) is 0 Å². The van der Waals surface area contributed by atoms with Crippen molar-refractivity contribution in [1.29, 1.82) is 0 Å². The van der Waals surface area contributed by atoms with Gasteiger partial charge in [-0.05, 0) is 48.3 Å². The maximum absolute atomic E-state index is 2.57. The molecule has 0 N–H and O–H groups in total. The Labute approximate surface area is 95.8 Å². The van der Waals surface area contributed by atoms with Crippen LogP contribution < -0.4 is 0 Å². The largest absolute Gasteiger partial charge is 0.0648 e. The molecule has 88 valence electrons. The van der Waals surface area contributed by atoms with Crippen LogP contribution >= 0.6 is 0 Å². The van der Waals surface area contributed by atoms with Crippen LogP contribution in [0.3, 0.4) is 0 Å². The van der Waals surface area contributed by atoms with Crippen molar-refractivity contribution in [3.63, 3.8) is 0 Å². The quantitative estimate of drug-likeness (QED) is 0.597. The molecule has 2 aliphatic carbocycles. The minimum atomic E-state index is 0.701. The van der Waals surface area contributed by atoms with Crippen molar-refractivity contribution >= 4 is 0 Å². The molecule has 0 aromatic heterocycles. The lowest BCUT2D eigenvalue weighted by Crippen LogP contribution is -2.50. The van der Waals surface area contributed by atoms with Crippen LogP contribution in [0.2, 0.25) is 0 Å². The molecule has 0 aromatic carbocycles. The second-order valence-electron chi connectivity index (χ2n) is 6.53. The highest BCUT2D eigenvalue weighted by molar-refractivity contribution is 5.03. The van der Waals surface area contributed by atoms with Crippen LogP contribution in [0, 0.1) is 22.7 Å². The molecule has 2 fully saturated rings. The fraction of sp³-hybridized carbons (Fsp3) is 1.00. The molecule has 1 atom stereocenters. The molecule has 0 amide bonds. The van der Waals surface area contributed by atoms with Gasteiger partial charge in [0.15, 0.2) is 0 Å². The van der Waals surface area contributed by atoms with E-state index in [1.54, 1.807) is 0 Å². The number of hydrogen-bond donors (Lipinski definition) is 0. The smallest absolute Gasteiger partial charge is 0.0243 e. The van der Waals surface area contributed by atoms with Crippen LogP contribution in [0.15, 0.2) is 0 Å². The molecule has 0 saturated heterocycles. The predicted molar refractivity (Wildman–Crippen MR) is 66.9 cm³/mol. The molecular weight excluding hydrogens is 180 g/mol. The molecule has 2 saturated carbocycles. The highest BCUT2D eigenvalue weighted by Gasteiger charge is 2.53. The number of hydrogen-bond acceptors (Lipinski definition) is 0. The average molecular weight is 208 g/mol. The minimum absolute atomic E-state index is 0.701. The number of rotatable bonds is 2.